The third-order valence-electron chi connectivity index (χ3n) is 3.42. The molecule has 0 aliphatic rings. The lowest BCUT2D eigenvalue weighted by molar-refractivity contribution is 0.0955. The van der Waals surface area contributed by atoms with Crippen LogP contribution in [0.1, 0.15) is 29.4 Å². The number of anilines is 1. The highest BCUT2D eigenvalue weighted by atomic mass is 35.5. The van der Waals surface area contributed by atoms with Crippen LogP contribution in [0.5, 0.6) is 0 Å². The average Bonchev–Trinajstić information content (AvgIpc) is 3.02. The van der Waals surface area contributed by atoms with Crippen molar-refractivity contribution in [1.29, 1.82) is 0 Å². The van der Waals surface area contributed by atoms with E-state index >= 15 is 0 Å². The lowest BCUT2D eigenvalue weighted by atomic mass is 10.3. The van der Waals surface area contributed by atoms with Crippen molar-refractivity contribution >= 4 is 29.0 Å². The smallest absolute Gasteiger partial charge is 0.256 e. The summed E-state index contributed by atoms with van der Waals surface area (Å²) in [6.07, 6.45) is 5.83. The first kappa shape index (κ1) is 16.2. The molecule has 0 radical (unpaired) electrons. The van der Waals surface area contributed by atoms with Gasteiger partial charge in [0.1, 0.15) is 11.4 Å². The predicted molar refractivity (Wildman–Crippen MR) is 92.2 cm³/mol. The summed E-state index contributed by atoms with van der Waals surface area (Å²) in [6, 6.07) is 5.35. The highest BCUT2D eigenvalue weighted by molar-refractivity contribution is 6.31. The number of amides is 1. The summed E-state index contributed by atoms with van der Waals surface area (Å²) in [5, 5.41) is 10.7. The number of nitrogens with one attached hydrogen (secondary N) is 2. The molecule has 0 fully saturated rings. The van der Waals surface area contributed by atoms with E-state index in [1.165, 1.54) is 6.20 Å². The normalized spacial score (nSPS) is 10.8. The van der Waals surface area contributed by atoms with Crippen molar-refractivity contribution < 1.29 is 4.79 Å². The number of carbonyl (C=O) groups is 1. The molecule has 0 spiro atoms. The fourth-order valence-corrected chi connectivity index (χ4v) is 2.37. The number of carbonyl (C=O) groups excluding carboxylic acids is 1. The molecule has 0 aliphatic heterocycles. The van der Waals surface area contributed by atoms with Crippen molar-refractivity contribution in [3.05, 3.63) is 53.1 Å². The zero-order valence-corrected chi connectivity index (χ0v) is 13.9. The van der Waals surface area contributed by atoms with Crippen molar-refractivity contribution in [2.75, 3.05) is 11.9 Å². The van der Waals surface area contributed by atoms with Gasteiger partial charge in [-0.25, -0.2) is 9.50 Å². The maximum absolute atomic E-state index is 12.2. The second kappa shape index (κ2) is 7.27. The number of halogens is 1. The highest BCUT2D eigenvalue weighted by Gasteiger charge is 2.14. The summed E-state index contributed by atoms with van der Waals surface area (Å²) in [5.41, 5.74) is 1.68. The van der Waals surface area contributed by atoms with Gasteiger partial charge in [0.25, 0.3) is 5.91 Å². The van der Waals surface area contributed by atoms with E-state index in [4.69, 9.17) is 11.6 Å². The molecule has 0 saturated carbocycles. The van der Waals surface area contributed by atoms with Gasteiger partial charge in [0.2, 0.25) is 0 Å². The second-order valence-corrected chi connectivity index (χ2v) is 5.59. The van der Waals surface area contributed by atoms with Gasteiger partial charge in [-0.15, -0.1) is 0 Å². The summed E-state index contributed by atoms with van der Waals surface area (Å²) >= 11 is 6.09. The van der Waals surface area contributed by atoms with Crippen LogP contribution in [-0.4, -0.2) is 32.0 Å². The van der Waals surface area contributed by atoms with Crippen LogP contribution < -0.4 is 10.6 Å². The number of fused-ring (bicyclic) bond motifs is 1. The number of hydrogen-bond donors (Lipinski definition) is 2. The molecule has 8 heteroatoms. The minimum Gasteiger partial charge on any atom is -0.364 e. The maximum atomic E-state index is 12.2. The Labute approximate surface area is 144 Å². The Morgan fingerprint density at radius 2 is 2.25 bits per heavy atom. The first-order valence-electron chi connectivity index (χ1n) is 7.65. The molecule has 124 valence electrons. The van der Waals surface area contributed by atoms with E-state index < -0.39 is 0 Å². The van der Waals surface area contributed by atoms with Crippen LogP contribution in [0.25, 0.3) is 5.65 Å². The van der Waals surface area contributed by atoms with Gasteiger partial charge in [-0.2, -0.15) is 5.10 Å². The molecule has 1 amide bonds. The minimum atomic E-state index is -0.177. The van der Waals surface area contributed by atoms with E-state index in [0.717, 1.165) is 12.1 Å². The van der Waals surface area contributed by atoms with Gasteiger partial charge in [0, 0.05) is 18.9 Å². The van der Waals surface area contributed by atoms with Gasteiger partial charge in [-0.3, -0.25) is 9.78 Å². The summed E-state index contributed by atoms with van der Waals surface area (Å²) in [5.74, 6) is 0.443. The molecule has 24 heavy (non-hydrogen) atoms. The van der Waals surface area contributed by atoms with E-state index in [0.29, 0.717) is 35.1 Å². The monoisotopic (exact) mass is 344 g/mol. The Kier molecular flexibility index (Phi) is 4.90. The molecular weight excluding hydrogens is 328 g/mol. The lowest BCUT2D eigenvalue weighted by Gasteiger charge is -2.07. The number of hydrogen-bond acceptors (Lipinski definition) is 5. The van der Waals surface area contributed by atoms with E-state index in [9.17, 15) is 4.79 Å². The van der Waals surface area contributed by atoms with E-state index in [1.807, 2.05) is 6.92 Å². The molecule has 3 heterocycles. The largest absolute Gasteiger partial charge is 0.364 e. The number of aromatic nitrogens is 4. The van der Waals surface area contributed by atoms with Crippen LogP contribution in [0.3, 0.4) is 0 Å². The number of rotatable bonds is 6. The molecule has 0 saturated heterocycles. The third-order valence-corrected chi connectivity index (χ3v) is 3.77. The van der Waals surface area contributed by atoms with Crippen LogP contribution in [0.2, 0.25) is 5.02 Å². The van der Waals surface area contributed by atoms with Gasteiger partial charge in [-0.1, -0.05) is 18.5 Å². The van der Waals surface area contributed by atoms with E-state index in [2.05, 4.69) is 25.7 Å². The second-order valence-electron chi connectivity index (χ2n) is 5.18. The Bertz CT molecular complexity index is 863. The number of pyridine rings is 1. The van der Waals surface area contributed by atoms with E-state index in [1.54, 1.807) is 35.1 Å². The first-order valence-corrected chi connectivity index (χ1v) is 8.02. The summed E-state index contributed by atoms with van der Waals surface area (Å²) in [6.45, 7) is 3.06. The molecule has 7 nitrogen and oxygen atoms in total. The summed E-state index contributed by atoms with van der Waals surface area (Å²) in [4.78, 5) is 20.8. The van der Waals surface area contributed by atoms with Crippen LogP contribution in [0.15, 0.2) is 36.8 Å². The van der Waals surface area contributed by atoms with Crippen LogP contribution in [0.4, 0.5) is 5.82 Å². The summed E-state index contributed by atoms with van der Waals surface area (Å²) in [7, 11) is 0. The Hall–Kier alpha value is -2.67. The SMILES string of the molecule is CCCNC(=O)c1cnn2ccc(NCc3ncccc3Cl)nc12. The molecule has 3 rings (SSSR count). The van der Waals surface area contributed by atoms with Gasteiger partial charge in [-0.05, 0) is 24.6 Å². The molecule has 0 atom stereocenters. The Morgan fingerprint density at radius 1 is 1.38 bits per heavy atom. The fourth-order valence-electron chi connectivity index (χ4n) is 2.18. The average molecular weight is 345 g/mol. The van der Waals surface area contributed by atoms with Crippen molar-refractivity contribution in [3.63, 3.8) is 0 Å². The number of nitrogens with zero attached hydrogens (tertiary/aromatic N) is 4. The topological polar surface area (TPSA) is 84.2 Å². The molecule has 0 aromatic carbocycles. The maximum Gasteiger partial charge on any atom is 0.256 e. The quantitative estimate of drug-likeness (QED) is 0.717. The van der Waals surface area contributed by atoms with Crippen LogP contribution in [-0.2, 0) is 6.54 Å². The molecular formula is C16H17ClN6O. The van der Waals surface area contributed by atoms with Gasteiger partial charge in [0.05, 0.1) is 23.5 Å². The molecule has 0 aliphatic carbocycles. The zero-order valence-electron chi connectivity index (χ0n) is 13.2. The lowest BCUT2D eigenvalue weighted by Crippen LogP contribution is -2.24. The van der Waals surface area contributed by atoms with Crippen molar-refractivity contribution in [1.82, 2.24) is 24.9 Å². The fraction of sp³-hybridized carbons (Fsp3) is 0.250. The van der Waals surface area contributed by atoms with Gasteiger partial charge >= 0.3 is 0 Å². The molecule has 3 aromatic heterocycles. The zero-order chi connectivity index (χ0) is 16.9. The molecule has 0 bridgehead atoms. The molecule has 2 N–H and O–H groups in total. The third kappa shape index (κ3) is 3.46. The summed E-state index contributed by atoms with van der Waals surface area (Å²) < 4.78 is 1.57. The van der Waals surface area contributed by atoms with Crippen molar-refractivity contribution in [2.24, 2.45) is 0 Å². The van der Waals surface area contributed by atoms with Crippen molar-refractivity contribution in [3.8, 4) is 0 Å². The minimum absolute atomic E-state index is 0.177. The Balaban J connectivity index is 1.80. The van der Waals surface area contributed by atoms with Gasteiger partial charge < -0.3 is 10.6 Å². The standard InChI is InChI=1S/C16H17ClN6O/c1-2-6-19-16(24)11-9-21-23-8-5-14(22-15(11)23)20-10-13-12(17)4-3-7-18-13/h3-5,7-9H,2,6,10H2,1H3,(H,19,24)(H,20,22). The first-order chi connectivity index (χ1) is 11.7. The van der Waals surface area contributed by atoms with Gasteiger partial charge in [0.15, 0.2) is 5.65 Å². The molecule has 0 unspecified atom stereocenters. The van der Waals surface area contributed by atoms with Crippen LogP contribution in [0, 0.1) is 0 Å². The highest BCUT2D eigenvalue weighted by Crippen LogP contribution is 2.15. The van der Waals surface area contributed by atoms with E-state index in [-0.39, 0.29) is 5.91 Å². The van der Waals surface area contributed by atoms with Crippen molar-refractivity contribution in [2.45, 2.75) is 19.9 Å². The molecule has 3 aromatic rings. The Morgan fingerprint density at radius 3 is 3.04 bits per heavy atom. The van der Waals surface area contributed by atoms with Crippen LogP contribution >= 0.6 is 11.6 Å². The predicted octanol–water partition coefficient (Wildman–Crippen LogP) is 2.53.